The van der Waals surface area contributed by atoms with Gasteiger partial charge in [-0.15, -0.1) is 0 Å². The lowest BCUT2D eigenvalue weighted by molar-refractivity contribution is -0.130. The first kappa shape index (κ1) is 27.3. The van der Waals surface area contributed by atoms with Crippen molar-refractivity contribution in [2.75, 3.05) is 25.0 Å². The zero-order valence-electron chi connectivity index (χ0n) is 22.9. The van der Waals surface area contributed by atoms with Crippen molar-refractivity contribution in [1.29, 1.82) is 0 Å². The number of piperidine rings is 1. The zero-order chi connectivity index (χ0) is 27.7. The summed E-state index contributed by atoms with van der Waals surface area (Å²) >= 11 is 0. The summed E-state index contributed by atoms with van der Waals surface area (Å²) in [5.41, 5.74) is 4.89. The normalized spacial score (nSPS) is 14.3. The van der Waals surface area contributed by atoms with Crippen molar-refractivity contribution >= 4 is 23.4 Å². The molecule has 2 heterocycles. The number of hydrogen-bond acceptors (Lipinski definition) is 4. The van der Waals surface area contributed by atoms with Crippen molar-refractivity contribution in [3.63, 3.8) is 0 Å². The van der Waals surface area contributed by atoms with Crippen LogP contribution in [0.5, 0.6) is 0 Å². The molecule has 1 amide bonds. The van der Waals surface area contributed by atoms with E-state index in [9.17, 15) is 9.18 Å². The summed E-state index contributed by atoms with van der Waals surface area (Å²) < 4.78 is 14.2. The molecule has 1 aliphatic heterocycles. The maximum atomic E-state index is 14.2. The second-order valence-corrected chi connectivity index (χ2v) is 10.2. The SMILES string of the molecule is CN(c1ccncc1)c1ccc(CN(C(=O)/C=C/c2ccccc2F)C2CCN(Cc3ccccc3)CC2)cc1. The molecule has 1 fully saturated rings. The quantitative estimate of drug-likeness (QED) is 0.224. The minimum absolute atomic E-state index is 0.0947. The molecule has 0 unspecified atom stereocenters. The predicted molar refractivity (Wildman–Crippen MR) is 159 cm³/mol. The van der Waals surface area contributed by atoms with Crippen LogP contribution in [0.2, 0.25) is 0 Å². The number of hydrogen-bond donors (Lipinski definition) is 0. The van der Waals surface area contributed by atoms with E-state index in [0.717, 1.165) is 49.4 Å². The Kier molecular flexibility index (Phi) is 8.99. The molecule has 0 bridgehead atoms. The van der Waals surface area contributed by atoms with Crippen LogP contribution in [0.4, 0.5) is 15.8 Å². The smallest absolute Gasteiger partial charge is 0.247 e. The van der Waals surface area contributed by atoms with E-state index < -0.39 is 0 Å². The van der Waals surface area contributed by atoms with Crippen molar-refractivity contribution in [2.24, 2.45) is 0 Å². The Labute approximate surface area is 236 Å². The van der Waals surface area contributed by atoms with Crippen LogP contribution in [-0.2, 0) is 17.9 Å². The summed E-state index contributed by atoms with van der Waals surface area (Å²) in [5.74, 6) is -0.427. The fourth-order valence-electron chi connectivity index (χ4n) is 5.22. The van der Waals surface area contributed by atoms with Gasteiger partial charge < -0.3 is 9.80 Å². The number of aromatic nitrogens is 1. The van der Waals surface area contributed by atoms with E-state index in [1.165, 1.54) is 17.7 Å². The summed E-state index contributed by atoms with van der Waals surface area (Å²) in [7, 11) is 2.02. The number of pyridine rings is 1. The van der Waals surface area contributed by atoms with Crippen LogP contribution in [0.25, 0.3) is 6.08 Å². The van der Waals surface area contributed by atoms with Crippen molar-refractivity contribution < 1.29 is 9.18 Å². The van der Waals surface area contributed by atoms with Gasteiger partial charge in [0.1, 0.15) is 5.82 Å². The molecule has 1 aliphatic rings. The van der Waals surface area contributed by atoms with E-state index in [2.05, 4.69) is 63.3 Å². The Morgan fingerprint density at radius 3 is 2.23 bits per heavy atom. The van der Waals surface area contributed by atoms with Gasteiger partial charge in [0.05, 0.1) is 0 Å². The Hall–Kier alpha value is -4.29. The third-order valence-corrected chi connectivity index (χ3v) is 7.57. The van der Waals surface area contributed by atoms with Gasteiger partial charge in [-0.2, -0.15) is 0 Å². The molecule has 0 N–H and O–H groups in total. The second-order valence-electron chi connectivity index (χ2n) is 10.2. The number of amides is 1. The summed E-state index contributed by atoms with van der Waals surface area (Å²) in [6.07, 6.45) is 8.46. The number of benzene rings is 3. The van der Waals surface area contributed by atoms with Gasteiger partial charge >= 0.3 is 0 Å². The van der Waals surface area contributed by atoms with Crippen molar-refractivity contribution in [3.8, 4) is 0 Å². The number of likely N-dealkylation sites (tertiary alicyclic amines) is 1. The fourth-order valence-corrected chi connectivity index (χ4v) is 5.22. The molecule has 0 aliphatic carbocycles. The average Bonchev–Trinajstić information content (AvgIpc) is 3.01. The van der Waals surface area contributed by atoms with Crippen LogP contribution in [0.1, 0.15) is 29.5 Å². The molecule has 0 atom stereocenters. The minimum Gasteiger partial charge on any atom is -0.345 e. The number of carbonyl (C=O) groups is 1. The Morgan fingerprint density at radius 1 is 0.875 bits per heavy atom. The topological polar surface area (TPSA) is 39.7 Å². The highest BCUT2D eigenvalue weighted by Gasteiger charge is 2.27. The van der Waals surface area contributed by atoms with Gasteiger partial charge in [-0.05, 0) is 60.4 Å². The van der Waals surface area contributed by atoms with E-state index in [-0.39, 0.29) is 17.8 Å². The standard InChI is InChI=1S/C34H35FN4O/c1-37(31-17-21-36-22-18-31)30-14-11-28(12-15-30)26-39(34(40)16-13-29-9-5-6-10-33(29)35)32-19-23-38(24-20-32)25-27-7-3-2-4-8-27/h2-18,21-22,32H,19-20,23-26H2,1H3/b16-13+. The summed E-state index contributed by atoms with van der Waals surface area (Å²) in [6, 6.07) is 29.4. The van der Waals surface area contributed by atoms with E-state index in [0.29, 0.717) is 12.1 Å². The maximum absolute atomic E-state index is 14.2. The highest BCUT2D eigenvalue weighted by molar-refractivity contribution is 5.92. The first-order valence-corrected chi connectivity index (χ1v) is 13.8. The number of nitrogens with zero attached hydrogens (tertiary/aromatic N) is 4. The zero-order valence-corrected chi connectivity index (χ0v) is 22.9. The van der Waals surface area contributed by atoms with Crippen LogP contribution >= 0.6 is 0 Å². The minimum atomic E-state index is -0.332. The molecule has 0 saturated carbocycles. The van der Waals surface area contributed by atoms with Crippen LogP contribution < -0.4 is 4.90 Å². The maximum Gasteiger partial charge on any atom is 0.247 e. The third kappa shape index (κ3) is 7.01. The lowest BCUT2D eigenvalue weighted by Gasteiger charge is -2.38. The van der Waals surface area contributed by atoms with Gasteiger partial charge in [-0.25, -0.2) is 4.39 Å². The molecule has 0 radical (unpaired) electrons. The van der Waals surface area contributed by atoms with Crippen LogP contribution in [0.3, 0.4) is 0 Å². The predicted octanol–water partition coefficient (Wildman–Crippen LogP) is 6.70. The second kappa shape index (κ2) is 13.2. The molecule has 3 aromatic carbocycles. The number of halogens is 1. The molecule has 6 heteroatoms. The molecule has 5 nitrogen and oxygen atoms in total. The lowest BCUT2D eigenvalue weighted by atomic mass is 10.0. The van der Waals surface area contributed by atoms with Gasteiger partial charge in [0.2, 0.25) is 5.91 Å². The average molecular weight is 535 g/mol. The summed E-state index contributed by atoms with van der Waals surface area (Å²) in [6.45, 7) is 3.27. The van der Waals surface area contributed by atoms with Gasteiger partial charge in [-0.3, -0.25) is 14.7 Å². The van der Waals surface area contributed by atoms with E-state index in [1.807, 2.05) is 30.1 Å². The van der Waals surface area contributed by atoms with Gasteiger partial charge in [-0.1, -0.05) is 60.7 Å². The van der Waals surface area contributed by atoms with E-state index >= 15 is 0 Å². The van der Waals surface area contributed by atoms with Gasteiger partial charge in [0.15, 0.2) is 0 Å². The van der Waals surface area contributed by atoms with E-state index in [1.54, 1.807) is 36.7 Å². The van der Waals surface area contributed by atoms with Crippen molar-refractivity contribution in [3.05, 3.63) is 132 Å². The van der Waals surface area contributed by atoms with Crippen LogP contribution in [0.15, 0.2) is 109 Å². The van der Waals surface area contributed by atoms with Gasteiger partial charge in [0, 0.05) is 74.7 Å². The fraction of sp³-hybridized carbons (Fsp3) is 0.235. The molecule has 4 aromatic rings. The van der Waals surface area contributed by atoms with Gasteiger partial charge in [0.25, 0.3) is 0 Å². The monoisotopic (exact) mass is 534 g/mol. The Morgan fingerprint density at radius 2 is 1.52 bits per heavy atom. The molecule has 1 aromatic heterocycles. The van der Waals surface area contributed by atoms with Crippen molar-refractivity contribution in [2.45, 2.75) is 32.0 Å². The van der Waals surface area contributed by atoms with Crippen molar-refractivity contribution in [1.82, 2.24) is 14.8 Å². The number of carbonyl (C=O) groups excluding carboxylic acids is 1. The molecule has 5 rings (SSSR count). The van der Waals surface area contributed by atoms with Crippen LogP contribution in [-0.4, -0.2) is 46.9 Å². The molecule has 0 spiro atoms. The first-order valence-electron chi connectivity index (χ1n) is 13.8. The summed E-state index contributed by atoms with van der Waals surface area (Å²) in [4.78, 5) is 24.2. The van der Waals surface area contributed by atoms with E-state index in [4.69, 9.17) is 0 Å². The highest BCUT2D eigenvalue weighted by Crippen LogP contribution is 2.25. The first-order chi connectivity index (χ1) is 19.6. The molecule has 40 heavy (non-hydrogen) atoms. The lowest BCUT2D eigenvalue weighted by Crippen LogP contribution is -2.46. The molecule has 204 valence electrons. The largest absolute Gasteiger partial charge is 0.345 e. The Balaban J connectivity index is 1.30. The third-order valence-electron chi connectivity index (χ3n) is 7.57. The Bertz CT molecular complexity index is 1400. The highest BCUT2D eigenvalue weighted by atomic mass is 19.1. The number of rotatable bonds is 9. The van der Waals surface area contributed by atoms with Crippen LogP contribution in [0, 0.1) is 5.82 Å². The molecular weight excluding hydrogens is 499 g/mol. The molecule has 1 saturated heterocycles. The molecular formula is C34H35FN4O. The summed E-state index contributed by atoms with van der Waals surface area (Å²) in [5, 5.41) is 0. The number of anilines is 2.